The van der Waals surface area contributed by atoms with Gasteiger partial charge in [-0.15, -0.1) is 0 Å². The highest BCUT2D eigenvalue weighted by molar-refractivity contribution is 6.14. The van der Waals surface area contributed by atoms with Gasteiger partial charge in [0.1, 0.15) is 28.1 Å². The first-order valence-corrected chi connectivity index (χ1v) is 21.0. The van der Waals surface area contributed by atoms with Gasteiger partial charge in [-0.2, -0.15) is 0 Å². The Morgan fingerprint density at radius 2 is 0.710 bits per heavy atom. The molecule has 5 aromatic heterocycles. The van der Waals surface area contributed by atoms with Crippen molar-refractivity contribution >= 4 is 98.4 Å². The summed E-state index contributed by atoms with van der Waals surface area (Å²) >= 11 is 0. The van der Waals surface area contributed by atoms with Gasteiger partial charge >= 0.3 is 0 Å². The minimum atomic E-state index is 0.859. The number of rotatable bonds is 4. The van der Waals surface area contributed by atoms with Gasteiger partial charge in [0.05, 0.1) is 33.3 Å². The van der Waals surface area contributed by atoms with E-state index in [9.17, 15) is 0 Å². The average molecular weight is 792 g/mol. The van der Waals surface area contributed by atoms with Crippen molar-refractivity contribution in [3.63, 3.8) is 0 Å². The van der Waals surface area contributed by atoms with Crippen molar-refractivity contribution in [2.75, 3.05) is 0 Å². The molecule has 0 N–H and O–H groups in total. The molecule has 62 heavy (non-hydrogen) atoms. The number of hydrogen-bond donors (Lipinski definition) is 0. The summed E-state index contributed by atoms with van der Waals surface area (Å²) < 4.78 is 17.2. The molecule has 5 heteroatoms. The molecule has 5 heterocycles. The Morgan fingerprint density at radius 1 is 0.290 bits per heavy atom. The van der Waals surface area contributed by atoms with Crippen molar-refractivity contribution in [1.82, 2.24) is 14.1 Å². The maximum absolute atomic E-state index is 6.21. The zero-order valence-corrected chi connectivity index (χ0v) is 33.2. The lowest BCUT2D eigenvalue weighted by molar-refractivity contribution is 0.668. The second-order valence-electron chi connectivity index (χ2n) is 16.3. The normalized spacial score (nSPS) is 12.2. The first kappa shape index (κ1) is 33.4. The fraction of sp³-hybridized carbons (Fsp3) is 0. The molecule has 0 saturated carbocycles. The number of para-hydroxylation sites is 5. The molecule has 0 unspecified atom stereocenters. The van der Waals surface area contributed by atoms with E-state index in [-0.39, 0.29) is 0 Å². The number of pyridine rings is 1. The van der Waals surface area contributed by atoms with Gasteiger partial charge in [0.25, 0.3) is 0 Å². The summed E-state index contributed by atoms with van der Waals surface area (Å²) in [6, 6.07) is 71.5. The third kappa shape index (κ3) is 4.76. The largest absolute Gasteiger partial charge is 0.456 e. The van der Waals surface area contributed by atoms with Crippen LogP contribution in [-0.2, 0) is 0 Å². The Morgan fingerprint density at radius 3 is 1.31 bits per heavy atom. The van der Waals surface area contributed by atoms with Crippen molar-refractivity contribution in [1.29, 1.82) is 0 Å². The predicted octanol–water partition coefficient (Wildman–Crippen LogP) is 15.6. The average Bonchev–Trinajstić information content (AvgIpc) is 4.08. The van der Waals surface area contributed by atoms with E-state index in [0.717, 1.165) is 111 Å². The third-order valence-electron chi connectivity index (χ3n) is 12.9. The highest BCUT2D eigenvalue weighted by Gasteiger charge is 2.21. The Kier molecular flexibility index (Phi) is 6.77. The van der Waals surface area contributed by atoms with Crippen LogP contribution in [0.15, 0.2) is 209 Å². The predicted molar refractivity (Wildman–Crippen MR) is 256 cm³/mol. The number of hydrogen-bond acceptors (Lipinski definition) is 3. The standard InChI is InChI=1S/C57H33N3O2/c1-6-16-47-44(15-1)52(59-48-17-7-2-11-38(48)40-25-21-36(31-50(40)59)34-23-27-55-45(29-34)42-13-4-9-19-53(42)61-55)33-57(58-47)60-49-18-8-3-12-39(49)41-26-22-37(32-51(41)60)35-24-28-56-46(30-35)43-14-5-10-20-54(43)62-56/h1-33H. The van der Waals surface area contributed by atoms with Crippen molar-refractivity contribution in [3.8, 4) is 33.8 Å². The summed E-state index contributed by atoms with van der Waals surface area (Å²) in [6.07, 6.45) is 0. The zero-order valence-electron chi connectivity index (χ0n) is 33.2. The van der Waals surface area contributed by atoms with Gasteiger partial charge in [0.2, 0.25) is 0 Å². The third-order valence-corrected chi connectivity index (χ3v) is 12.9. The zero-order chi connectivity index (χ0) is 40.5. The number of nitrogens with zero attached hydrogens (tertiary/aromatic N) is 3. The van der Waals surface area contributed by atoms with Crippen LogP contribution >= 0.6 is 0 Å². The summed E-state index contributed by atoms with van der Waals surface area (Å²) in [7, 11) is 0. The first-order valence-electron chi connectivity index (χ1n) is 21.0. The highest BCUT2D eigenvalue weighted by Crippen LogP contribution is 2.41. The molecule has 14 rings (SSSR count). The molecule has 0 aliphatic rings. The summed E-state index contributed by atoms with van der Waals surface area (Å²) in [5.41, 5.74) is 14.6. The maximum Gasteiger partial charge on any atom is 0.140 e. The van der Waals surface area contributed by atoms with Crippen LogP contribution in [0.25, 0.3) is 132 Å². The molecule has 0 fully saturated rings. The molecule has 0 aliphatic heterocycles. The lowest BCUT2D eigenvalue weighted by Crippen LogP contribution is -2.03. The maximum atomic E-state index is 6.21. The Hall–Kier alpha value is -8.41. The molecule has 9 aromatic carbocycles. The Balaban J connectivity index is 1.01. The fourth-order valence-electron chi connectivity index (χ4n) is 10.1. The van der Waals surface area contributed by atoms with E-state index in [4.69, 9.17) is 13.8 Å². The molecule has 0 spiro atoms. The minimum absolute atomic E-state index is 0.859. The second-order valence-corrected chi connectivity index (χ2v) is 16.3. The number of aromatic nitrogens is 3. The van der Waals surface area contributed by atoms with Crippen molar-refractivity contribution in [2.24, 2.45) is 0 Å². The quantitative estimate of drug-likeness (QED) is 0.178. The minimum Gasteiger partial charge on any atom is -0.456 e. The van der Waals surface area contributed by atoms with Gasteiger partial charge in [-0.25, -0.2) is 4.98 Å². The van der Waals surface area contributed by atoms with Crippen molar-refractivity contribution in [3.05, 3.63) is 200 Å². The van der Waals surface area contributed by atoms with Gasteiger partial charge in [-0.3, -0.25) is 4.57 Å². The number of fused-ring (bicyclic) bond motifs is 13. The van der Waals surface area contributed by atoms with E-state index in [0.29, 0.717) is 0 Å². The van der Waals surface area contributed by atoms with Crippen LogP contribution in [0.2, 0.25) is 0 Å². The van der Waals surface area contributed by atoms with Gasteiger partial charge in [0.15, 0.2) is 0 Å². The van der Waals surface area contributed by atoms with E-state index in [1.807, 2.05) is 24.3 Å². The first-order chi connectivity index (χ1) is 30.7. The molecular weight excluding hydrogens is 759 g/mol. The van der Waals surface area contributed by atoms with Gasteiger partial charge in [-0.05, 0) is 89.0 Å². The van der Waals surface area contributed by atoms with Crippen LogP contribution in [0, 0.1) is 0 Å². The molecule has 0 aliphatic carbocycles. The van der Waals surface area contributed by atoms with Crippen molar-refractivity contribution < 1.29 is 8.83 Å². The smallest absolute Gasteiger partial charge is 0.140 e. The van der Waals surface area contributed by atoms with Gasteiger partial charge < -0.3 is 13.4 Å². The van der Waals surface area contributed by atoms with E-state index in [1.165, 1.54) is 21.5 Å². The molecule has 288 valence electrons. The van der Waals surface area contributed by atoms with Crippen LogP contribution in [0.3, 0.4) is 0 Å². The molecule has 5 nitrogen and oxygen atoms in total. The number of benzene rings is 9. The Bertz CT molecular complexity index is 4180. The van der Waals surface area contributed by atoms with E-state index >= 15 is 0 Å². The summed E-state index contributed by atoms with van der Waals surface area (Å²) in [6.45, 7) is 0. The van der Waals surface area contributed by atoms with E-state index in [2.05, 4.69) is 185 Å². The van der Waals surface area contributed by atoms with Crippen LogP contribution in [-0.4, -0.2) is 14.1 Å². The van der Waals surface area contributed by atoms with Crippen molar-refractivity contribution in [2.45, 2.75) is 0 Å². The summed E-state index contributed by atoms with van der Waals surface area (Å²) in [5, 5.41) is 10.3. The molecule has 0 amide bonds. The molecule has 14 aromatic rings. The van der Waals surface area contributed by atoms with E-state index in [1.54, 1.807) is 0 Å². The molecule has 0 radical (unpaired) electrons. The van der Waals surface area contributed by atoms with Gasteiger partial charge in [0, 0.05) is 54.5 Å². The molecule has 0 bridgehead atoms. The van der Waals surface area contributed by atoms with Crippen LogP contribution in [0.4, 0.5) is 0 Å². The molecule has 0 atom stereocenters. The lowest BCUT2D eigenvalue weighted by Gasteiger charge is -2.16. The molecule has 0 saturated heterocycles. The van der Waals surface area contributed by atoms with Gasteiger partial charge in [-0.1, -0.05) is 127 Å². The number of furan rings is 2. The Labute approximate surface area is 353 Å². The topological polar surface area (TPSA) is 49.0 Å². The SMILES string of the molecule is c1ccc2c(-n3c4ccccc4c4ccc(-c5ccc6oc7ccccc7c6c5)cc43)cc(-n3c4ccccc4c4ccc(-c5ccc6oc7ccccc7c6c5)cc43)nc2c1. The second kappa shape index (κ2) is 12.6. The fourth-order valence-corrected chi connectivity index (χ4v) is 10.1. The van der Waals surface area contributed by atoms with Crippen LogP contribution < -0.4 is 0 Å². The highest BCUT2D eigenvalue weighted by atomic mass is 16.3. The molecular formula is C57H33N3O2. The van der Waals surface area contributed by atoms with Crippen LogP contribution in [0.1, 0.15) is 0 Å². The summed E-state index contributed by atoms with van der Waals surface area (Å²) in [5.74, 6) is 0.859. The monoisotopic (exact) mass is 791 g/mol. The lowest BCUT2D eigenvalue weighted by atomic mass is 10.0. The summed E-state index contributed by atoms with van der Waals surface area (Å²) in [4.78, 5) is 5.46. The van der Waals surface area contributed by atoms with Crippen LogP contribution in [0.5, 0.6) is 0 Å². The van der Waals surface area contributed by atoms with E-state index < -0.39 is 0 Å².